The van der Waals surface area contributed by atoms with Gasteiger partial charge in [0.1, 0.15) is 18.1 Å². The van der Waals surface area contributed by atoms with Crippen molar-refractivity contribution in [3.63, 3.8) is 0 Å². The number of hydrogen-bond acceptors (Lipinski definition) is 3. The fourth-order valence-corrected chi connectivity index (χ4v) is 4.30. The van der Waals surface area contributed by atoms with Gasteiger partial charge in [-0.25, -0.2) is 4.79 Å². The Morgan fingerprint density at radius 2 is 1.58 bits per heavy atom. The average Bonchev–Trinajstić information content (AvgIpc) is 3.44. The summed E-state index contributed by atoms with van der Waals surface area (Å²) in [6.45, 7) is 0.639. The van der Waals surface area contributed by atoms with Gasteiger partial charge in [-0.15, -0.1) is 0 Å². The third kappa shape index (κ3) is 4.57. The van der Waals surface area contributed by atoms with Gasteiger partial charge in [0, 0.05) is 23.0 Å². The lowest BCUT2D eigenvalue weighted by Crippen LogP contribution is -2.26. The van der Waals surface area contributed by atoms with Crippen molar-refractivity contribution in [1.82, 2.24) is 5.32 Å². The van der Waals surface area contributed by atoms with Crippen LogP contribution in [-0.4, -0.2) is 19.2 Å². The lowest BCUT2D eigenvalue weighted by molar-refractivity contribution is 0.144. The topological polar surface area (TPSA) is 51.5 Å². The number of amides is 1. The highest BCUT2D eigenvalue weighted by molar-refractivity contribution is 6.30. The third-order valence-corrected chi connectivity index (χ3v) is 6.00. The fraction of sp³-hybridized carbons (Fsp3) is 0.107. The molecule has 1 aromatic heterocycles. The van der Waals surface area contributed by atoms with Crippen LogP contribution in [0, 0.1) is 0 Å². The molecule has 1 aliphatic rings. The van der Waals surface area contributed by atoms with E-state index in [1.165, 1.54) is 22.3 Å². The number of halogens is 1. The van der Waals surface area contributed by atoms with Gasteiger partial charge >= 0.3 is 6.09 Å². The van der Waals surface area contributed by atoms with Crippen molar-refractivity contribution in [3.05, 3.63) is 113 Å². The Labute approximate surface area is 197 Å². The zero-order valence-electron chi connectivity index (χ0n) is 17.8. The number of carbonyl (C=O) groups excluding carboxylic acids is 1. The summed E-state index contributed by atoms with van der Waals surface area (Å²) in [6.07, 6.45) is 3.21. The van der Waals surface area contributed by atoms with Crippen molar-refractivity contribution < 1.29 is 13.9 Å². The second-order valence-electron chi connectivity index (χ2n) is 7.82. The van der Waals surface area contributed by atoms with Gasteiger partial charge in [-0.05, 0) is 64.7 Å². The molecule has 1 aliphatic carbocycles. The van der Waals surface area contributed by atoms with E-state index in [-0.39, 0.29) is 5.92 Å². The second kappa shape index (κ2) is 9.39. The van der Waals surface area contributed by atoms with E-state index in [4.69, 9.17) is 20.8 Å². The van der Waals surface area contributed by atoms with Crippen LogP contribution in [0.15, 0.2) is 95.4 Å². The molecular formula is C28H22ClNO3. The number of furan rings is 1. The number of hydrogen-bond donors (Lipinski definition) is 1. The Morgan fingerprint density at radius 3 is 2.27 bits per heavy atom. The number of nitrogens with one attached hydrogen (secondary N) is 1. The number of rotatable bonds is 6. The molecule has 164 valence electrons. The summed E-state index contributed by atoms with van der Waals surface area (Å²) in [7, 11) is 0. The van der Waals surface area contributed by atoms with Crippen LogP contribution in [0.5, 0.6) is 0 Å². The number of alkyl carbamates (subject to hydrolysis) is 1. The largest absolute Gasteiger partial charge is 0.457 e. The molecule has 0 unspecified atom stereocenters. The first kappa shape index (κ1) is 21.1. The molecule has 0 atom stereocenters. The summed E-state index contributed by atoms with van der Waals surface area (Å²) in [5.41, 5.74) is 5.76. The number of ether oxygens (including phenoxy) is 1. The normalized spacial score (nSPS) is 12.5. The first-order chi connectivity index (χ1) is 16.2. The molecule has 4 aromatic rings. The molecular weight excluding hydrogens is 434 g/mol. The van der Waals surface area contributed by atoms with Gasteiger partial charge in [0.05, 0.1) is 0 Å². The maximum atomic E-state index is 12.3. The van der Waals surface area contributed by atoms with Gasteiger partial charge in [-0.1, -0.05) is 66.2 Å². The first-order valence-corrected chi connectivity index (χ1v) is 11.2. The molecule has 1 amide bonds. The minimum Gasteiger partial charge on any atom is -0.457 e. The minimum atomic E-state index is -0.442. The highest BCUT2D eigenvalue weighted by atomic mass is 35.5. The van der Waals surface area contributed by atoms with Crippen LogP contribution in [0.3, 0.4) is 0 Å². The molecule has 3 aromatic carbocycles. The SMILES string of the molecule is O=C(NCC=Cc1ccc(-c2ccc(Cl)cc2)o1)OCC1c2ccccc2-c2ccccc21. The van der Waals surface area contributed by atoms with E-state index in [9.17, 15) is 4.79 Å². The summed E-state index contributed by atoms with van der Waals surface area (Å²) in [4.78, 5) is 12.3. The van der Waals surface area contributed by atoms with Gasteiger partial charge < -0.3 is 14.5 Å². The Morgan fingerprint density at radius 1 is 0.909 bits per heavy atom. The van der Waals surface area contributed by atoms with E-state index >= 15 is 0 Å². The molecule has 0 spiro atoms. The summed E-state index contributed by atoms with van der Waals surface area (Å²) < 4.78 is 11.4. The third-order valence-electron chi connectivity index (χ3n) is 5.75. The zero-order valence-corrected chi connectivity index (χ0v) is 18.6. The molecule has 0 saturated carbocycles. The van der Waals surface area contributed by atoms with E-state index in [2.05, 4.69) is 29.6 Å². The first-order valence-electron chi connectivity index (χ1n) is 10.8. The minimum absolute atomic E-state index is 0.0492. The predicted molar refractivity (Wildman–Crippen MR) is 131 cm³/mol. The van der Waals surface area contributed by atoms with Crippen LogP contribution in [-0.2, 0) is 4.74 Å². The molecule has 33 heavy (non-hydrogen) atoms. The molecule has 0 radical (unpaired) electrons. The predicted octanol–water partition coefficient (Wildman–Crippen LogP) is 7.15. The van der Waals surface area contributed by atoms with Gasteiger partial charge in [-0.2, -0.15) is 0 Å². The molecule has 0 aliphatic heterocycles. The lowest BCUT2D eigenvalue weighted by atomic mass is 9.98. The van der Waals surface area contributed by atoms with Gasteiger partial charge in [0.2, 0.25) is 0 Å². The number of benzene rings is 3. The zero-order chi connectivity index (χ0) is 22.6. The second-order valence-corrected chi connectivity index (χ2v) is 8.25. The van der Waals surface area contributed by atoms with E-state index in [1.807, 2.05) is 72.8 Å². The summed E-state index contributed by atoms with van der Waals surface area (Å²) in [5.74, 6) is 1.51. The van der Waals surface area contributed by atoms with E-state index in [1.54, 1.807) is 0 Å². The number of carbonyl (C=O) groups is 1. The van der Waals surface area contributed by atoms with Gasteiger partial charge in [0.25, 0.3) is 0 Å². The smallest absolute Gasteiger partial charge is 0.407 e. The van der Waals surface area contributed by atoms with Crippen molar-refractivity contribution in [2.45, 2.75) is 5.92 Å². The highest BCUT2D eigenvalue weighted by Crippen LogP contribution is 2.44. The molecule has 1 heterocycles. The van der Waals surface area contributed by atoms with Crippen LogP contribution < -0.4 is 5.32 Å². The Balaban J connectivity index is 1.14. The van der Waals surface area contributed by atoms with Gasteiger partial charge in [0.15, 0.2) is 0 Å². The van der Waals surface area contributed by atoms with E-state index < -0.39 is 6.09 Å². The van der Waals surface area contributed by atoms with Crippen LogP contribution >= 0.6 is 11.6 Å². The molecule has 4 nitrogen and oxygen atoms in total. The maximum Gasteiger partial charge on any atom is 0.407 e. The summed E-state index contributed by atoms with van der Waals surface area (Å²) >= 11 is 5.93. The molecule has 0 bridgehead atoms. The van der Waals surface area contributed by atoms with E-state index in [0.717, 1.165) is 11.3 Å². The molecule has 5 heteroatoms. The molecule has 1 N–H and O–H groups in total. The van der Waals surface area contributed by atoms with Crippen molar-refractivity contribution >= 4 is 23.8 Å². The summed E-state index contributed by atoms with van der Waals surface area (Å²) in [6, 6.07) is 27.8. The van der Waals surface area contributed by atoms with Crippen LogP contribution in [0.2, 0.25) is 5.02 Å². The van der Waals surface area contributed by atoms with Crippen molar-refractivity contribution in [1.29, 1.82) is 0 Å². The van der Waals surface area contributed by atoms with Gasteiger partial charge in [-0.3, -0.25) is 0 Å². The molecule has 0 fully saturated rings. The quantitative estimate of drug-likeness (QED) is 0.336. The molecule has 5 rings (SSSR count). The van der Waals surface area contributed by atoms with Crippen LogP contribution in [0.4, 0.5) is 4.79 Å². The average molecular weight is 456 g/mol. The highest BCUT2D eigenvalue weighted by Gasteiger charge is 2.28. The Bertz CT molecular complexity index is 1260. The fourth-order valence-electron chi connectivity index (χ4n) is 4.18. The van der Waals surface area contributed by atoms with Crippen molar-refractivity contribution in [3.8, 4) is 22.5 Å². The Hall–Kier alpha value is -3.76. The molecule has 0 saturated heterocycles. The van der Waals surface area contributed by atoms with Crippen molar-refractivity contribution in [2.75, 3.05) is 13.2 Å². The lowest BCUT2D eigenvalue weighted by Gasteiger charge is -2.14. The summed E-state index contributed by atoms with van der Waals surface area (Å²) in [5, 5.41) is 3.45. The van der Waals surface area contributed by atoms with Crippen molar-refractivity contribution in [2.24, 2.45) is 0 Å². The maximum absolute atomic E-state index is 12.3. The number of fused-ring (bicyclic) bond motifs is 3. The van der Waals surface area contributed by atoms with Crippen LogP contribution in [0.1, 0.15) is 22.8 Å². The van der Waals surface area contributed by atoms with Crippen LogP contribution in [0.25, 0.3) is 28.5 Å². The monoisotopic (exact) mass is 455 g/mol. The Kier molecular flexibility index (Phi) is 6.01. The van der Waals surface area contributed by atoms with E-state index in [0.29, 0.717) is 23.9 Å². The standard InChI is InChI=1S/C28H22ClNO3/c29-20-13-11-19(12-14-20)27-16-15-21(33-27)6-5-17-30-28(31)32-18-26-24-9-3-1-7-22(24)23-8-2-4-10-25(23)26/h1-16,26H,17-18H2,(H,30,31).